The molecule has 0 radical (unpaired) electrons. The fraction of sp³-hybridized carbons (Fsp3) is 0.125. The zero-order valence-corrected chi connectivity index (χ0v) is 15.1. The van der Waals surface area contributed by atoms with E-state index in [-0.39, 0.29) is 22.5 Å². The molecule has 0 saturated heterocycles. The van der Waals surface area contributed by atoms with Gasteiger partial charge < -0.3 is 14.6 Å². The number of benzene rings is 1. The molecule has 140 valence electrons. The fourth-order valence-electron chi connectivity index (χ4n) is 2.05. The normalized spacial score (nSPS) is 11.0. The molecule has 3 rings (SSSR count). The summed E-state index contributed by atoms with van der Waals surface area (Å²) in [6, 6.07) is 8.55. The number of sulfonamides is 1. The highest BCUT2D eigenvalue weighted by Gasteiger charge is 2.17. The van der Waals surface area contributed by atoms with Gasteiger partial charge in [-0.15, -0.1) is 0 Å². The molecule has 3 aromatic rings. The van der Waals surface area contributed by atoms with Crippen LogP contribution in [0.3, 0.4) is 0 Å². The zero-order valence-electron chi connectivity index (χ0n) is 14.3. The van der Waals surface area contributed by atoms with Crippen LogP contribution in [0.2, 0.25) is 0 Å². The highest BCUT2D eigenvalue weighted by atomic mass is 32.2. The van der Waals surface area contributed by atoms with E-state index < -0.39 is 15.9 Å². The van der Waals surface area contributed by atoms with Crippen LogP contribution in [-0.2, 0) is 10.0 Å². The van der Waals surface area contributed by atoms with E-state index in [9.17, 15) is 13.2 Å². The number of hydrogen-bond acceptors (Lipinski definition) is 8. The molecule has 10 nitrogen and oxygen atoms in total. The van der Waals surface area contributed by atoms with Crippen LogP contribution in [0.15, 0.2) is 52.0 Å². The third-order valence-electron chi connectivity index (χ3n) is 3.36. The fourth-order valence-corrected chi connectivity index (χ4v) is 3.00. The van der Waals surface area contributed by atoms with Crippen LogP contribution in [0.4, 0.5) is 11.6 Å². The molecular formula is C16H15N5O5S. The first kappa shape index (κ1) is 18.3. The van der Waals surface area contributed by atoms with Crippen molar-refractivity contribution in [3.63, 3.8) is 0 Å². The van der Waals surface area contributed by atoms with E-state index in [0.717, 1.165) is 0 Å². The van der Waals surface area contributed by atoms with Crippen LogP contribution >= 0.6 is 0 Å². The van der Waals surface area contributed by atoms with Crippen molar-refractivity contribution in [3.8, 4) is 5.88 Å². The van der Waals surface area contributed by atoms with Gasteiger partial charge in [-0.2, -0.15) is 0 Å². The smallest absolute Gasteiger partial charge is 0.294 e. The number of rotatable bonds is 6. The van der Waals surface area contributed by atoms with E-state index in [1.54, 1.807) is 13.0 Å². The molecule has 0 saturated carbocycles. The Morgan fingerprint density at radius 1 is 1.19 bits per heavy atom. The summed E-state index contributed by atoms with van der Waals surface area (Å²) in [6.07, 6.45) is 1.46. The van der Waals surface area contributed by atoms with Crippen molar-refractivity contribution in [3.05, 3.63) is 54.0 Å². The molecule has 0 aliphatic heterocycles. The second-order valence-electron chi connectivity index (χ2n) is 5.34. The number of nitrogens with one attached hydrogen (secondary N) is 2. The van der Waals surface area contributed by atoms with Crippen molar-refractivity contribution in [1.29, 1.82) is 0 Å². The highest BCUT2D eigenvalue weighted by Crippen LogP contribution is 2.18. The summed E-state index contributed by atoms with van der Waals surface area (Å²) in [5.74, 6) is -0.438. The monoisotopic (exact) mass is 389 g/mol. The molecule has 1 aromatic carbocycles. The van der Waals surface area contributed by atoms with Gasteiger partial charge in [-0.1, -0.05) is 0 Å². The number of methoxy groups -OCH3 is 1. The number of aromatic nitrogens is 3. The maximum absolute atomic E-state index is 12.4. The van der Waals surface area contributed by atoms with E-state index in [1.165, 1.54) is 43.6 Å². The first-order chi connectivity index (χ1) is 12.9. The number of carbonyl (C=O) groups excluding carboxylic acids is 1. The molecule has 2 N–H and O–H groups in total. The van der Waals surface area contributed by atoms with E-state index in [2.05, 4.69) is 25.2 Å². The van der Waals surface area contributed by atoms with Crippen LogP contribution in [0.25, 0.3) is 0 Å². The van der Waals surface area contributed by atoms with Gasteiger partial charge in [-0.25, -0.2) is 23.1 Å². The molecule has 0 atom stereocenters. The summed E-state index contributed by atoms with van der Waals surface area (Å²) in [7, 11) is -2.46. The first-order valence-corrected chi connectivity index (χ1v) is 9.10. The first-order valence-electron chi connectivity index (χ1n) is 7.62. The maximum Gasteiger partial charge on any atom is 0.294 e. The largest absolute Gasteiger partial charge is 0.479 e. The Labute approximate surface area is 154 Å². The summed E-state index contributed by atoms with van der Waals surface area (Å²) in [5, 5.41) is 6.10. The number of ether oxygens (including phenoxy) is 1. The summed E-state index contributed by atoms with van der Waals surface area (Å²) in [4.78, 5) is 19.9. The molecule has 0 spiro atoms. The summed E-state index contributed by atoms with van der Waals surface area (Å²) < 4.78 is 36.7. The summed E-state index contributed by atoms with van der Waals surface area (Å²) in [5.41, 5.74) is 1.01. The van der Waals surface area contributed by atoms with Gasteiger partial charge in [0.25, 0.3) is 21.8 Å². The van der Waals surface area contributed by atoms with Gasteiger partial charge in [0, 0.05) is 17.6 Å². The van der Waals surface area contributed by atoms with Crippen molar-refractivity contribution < 1.29 is 22.5 Å². The molecule has 0 unspecified atom stereocenters. The van der Waals surface area contributed by atoms with Gasteiger partial charge in [-0.05, 0) is 42.4 Å². The van der Waals surface area contributed by atoms with Gasteiger partial charge in [0.2, 0.25) is 11.7 Å². The Bertz CT molecular complexity index is 1060. The Kier molecular flexibility index (Phi) is 5.03. The minimum absolute atomic E-state index is 0.00746. The Hall–Kier alpha value is -3.47. The lowest BCUT2D eigenvalue weighted by Gasteiger charge is -2.08. The Morgan fingerprint density at radius 2 is 1.93 bits per heavy atom. The number of nitrogens with zero attached hydrogens (tertiary/aromatic N) is 3. The number of aryl methyl sites for hydroxylation is 1. The lowest BCUT2D eigenvalue weighted by atomic mass is 10.3. The molecule has 11 heteroatoms. The predicted octanol–water partition coefficient (Wildman–Crippen LogP) is 1.83. The number of carbonyl (C=O) groups is 1. The Balaban J connectivity index is 1.71. The van der Waals surface area contributed by atoms with Crippen LogP contribution in [0.1, 0.15) is 16.2 Å². The number of hydrogen-bond donors (Lipinski definition) is 2. The van der Waals surface area contributed by atoms with E-state index in [1.807, 2.05) is 0 Å². The SMILES string of the molecule is COc1cc(C(=O)Nc2ccc(S(=O)(=O)Nc3nccc(C)n3)cc2)on1. The van der Waals surface area contributed by atoms with Crippen LogP contribution in [-0.4, -0.2) is 36.6 Å². The van der Waals surface area contributed by atoms with E-state index in [0.29, 0.717) is 11.4 Å². The lowest BCUT2D eigenvalue weighted by Crippen LogP contribution is -2.15. The van der Waals surface area contributed by atoms with Gasteiger partial charge in [-0.3, -0.25) is 4.79 Å². The molecular weight excluding hydrogens is 374 g/mol. The van der Waals surface area contributed by atoms with Crippen LogP contribution in [0, 0.1) is 6.92 Å². The number of amides is 1. The summed E-state index contributed by atoms with van der Waals surface area (Å²) >= 11 is 0. The molecule has 0 bridgehead atoms. The van der Waals surface area contributed by atoms with Gasteiger partial charge in [0.05, 0.1) is 18.1 Å². The average Bonchev–Trinajstić information content (AvgIpc) is 3.11. The Morgan fingerprint density at radius 3 is 2.56 bits per heavy atom. The molecule has 0 aliphatic rings. The van der Waals surface area contributed by atoms with Crippen molar-refractivity contribution >= 4 is 27.6 Å². The highest BCUT2D eigenvalue weighted by molar-refractivity contribution is 7.92. The van der Waals surface area contributed by atoms with E-state index >= 15 is 0 Å². The second-order valence-corrected chi connectivity index (χ2v) is 7.02. The zero-order chi connectivity index (χ0) is 19.4. The lowest BCUT2D eigenvalue weighted by molar-refractivity contribution is 0.0987. The van der Waals surface area contributed by atoms with E-state index in [4.69, 9.17) is 9.26 Å². The standard InChI is InChI=1S/C16H15N5O5S/c1-10-7-8-17-16(18-10)21-27(23,24)12-5-3-11(4-6-12)19-15(22)13-9-14(25-2)20-26-13/h3-9H,1-2H3,(H,19,22)(H,17,18,21). The average molecular weight is 389 g/mol. The van der Waals surface area contributed by atoms with Gasteiger partial charge in [0.15, 0.2) is 0 Å². The molecule has 27 heavy (non-hydrogen) atoms. The van der Waals surface area contributed by atoms with Crippen molar-refractivity contribution in [2.75, 3.05) is 17.1 Å². The predicted molar refractivity (Wildman–Crippen MR) is 95.0 cm³/mol. The van der Waals surface area contributed by atoms with Crippen LogP contribution < -0.4 is 14.8 Å². The minimum Gasteiger partial charge on any atom is -0.479 e. The molecule has 0 fully saturated rings. The molecule has 1 amide bonds. The maximum atomic E-state index is 12.4. The molecule has 2 heterocycles. The topological polar surface area (TPSA) is 136 Å². The number of anilines is 2. The summed E-state index contributed by atoms with van der Waals surface area (Å²) in [6.45, 7) is 1.72. The third kappa shape index (κ3) is 4.39. The van der Waals surface area contributed by atoms with Gasteiger partial charge in [0.1, 0.15) is 0 Å². The second kappa shape index (κ2) is 7.41. The van der Waals surface area contributed by atoms with Crippen molar-refractivity contribution in [2.45, 2.75) is 11.8 Å². The third-order valence-corrected chi connectivity index (χ3v) is 4.71. The quantitative estimate of drug-likeness (QED) is 0.651. The molecule has 0 aliphatic carbocycles. The van der Waals surface area contributed by atoms with Crippen molar-refractivity contribution in [1.82, 2.24) is 15.1 Å². The van der Waals surface area contributed by atoms with Crippen molar-refractivity contribution in [2.24, 2.45) is 0 Å². The van der Waals surface area contributed by atoms with Gasteiger partial charge >= 0.3 is 0 Å². The molecule has 2 aromatic heterocycles. The van der Waals surface area contributed by atoms with Crippen LogP contribution in [0.5, 0.6) is 5.88 Å². The minimum atomic E-state index is -3.86.